The molecule has 3 aliphatic heterocycles. The topological polar surface area (TPSA) is 181 Å². The standard InChI is InChI=1S/C38H38N8O5S/c39-34(50)31-35(43-28(20-41-31)37-40-13-18-52-37)42-23-2-4-24(5-3-23)46-16-11-38(12-17-46)9-14-45(15-10-38)21-22-1-6-25-27(19-22)33(49)30(32(25)48)26-7-8-29(47)44-36(26)51/h1-6,13,18-20,26,30H,7-12,14-17,21H2,(H2,39,50)(H,42,43)(H,44,47,51). The van der Waals surface area contributed by atoms with Crippen LogP contribution in [0.15, 0.2) is 60.2 Å². The van der Waals surface area contributed by atoms with Gasteiger partial charge in [-0.05, 0) is 86.5 Å². The molecule has 0 radical (unpaired) electrons. The highest BCUT2D eigenvalue weighted by Gasteiger charge is 2.47. The Bertz CT molecular complexity index is 2070. The van der Waals surface area contributed by atoms with E-state index in [1.165, 1.54) is 17.5 Å². The van der Waals surface area contributed by atoms with E-state index in [1.54, 1.807) is 12.3 Å². The van der Waals surface area contributed by atoms with Crippen molar-refractivity contribution < 1.29 is 24.0 Å². The maximum atomic E-state index is 13.4. The van der Waals surface area contributed by atoms with E-state index in [4.69, 9.17) is 5.73 Å². The molecule has 5 heterocycles. The molecule has 266 valence electrons. The number of hydrogen-bond donors (Lipinski definition) is 3. The summed E-state index contributed by atoms with van der Waals surface area (Å²) in [5, 5.41) is 8.05. The van der Waals surface area contributed by atoms with Crippen molar-refractivity contribution in [1.82, 2.24) is 25.2 Å². The number of hydrogen-bond acceptors (Lipinski definition) is 12. The number of carbonyl (C=O) groups excluding carboxylic acids is 5. The Labute approximate surface area is 304 Å². The molecule has 1 spiro atoms. The smallest absolute Gasteiger partial charge is 0.271 e. The van der Waals surface area contributed by atoms with Crippen molar-refractivity contribution in [3.8, 4) is 10.7 Å². The van der Waals surface area contributed by atoms with Crippen LogP contribution in [0.2, 0.25) is 0 Å². The van der Waals surface area contributed by atoms with Crippen LogP contribution in [-0.2, 0) is 16.1 Å². The number of benzene rings is 2. The molecule has 2 aromatic carbocycles. The Morgan fingerprint density at radius 1 is 0.942 bits per heavy atom. The lowest BCUT2D eigenvalue weighted by Gasteiger charge is -2.47. The van der Waals surface area contributed by atoms with Crippen molar-refractivity contribution in [3.63, 3.8) is 0 Å². The molecule has 2 unspecified atom stereocenters. The number of nitrogens with two attached hydrogens (primary N) is 1. The summed E-state index contributed by atoms with van der Waals surface area (Å²) in [4.78, 5) is 80.6. The summed E-state index contributed by atoms with van der Waals surface area (Å²) in [6.45, 7) is 4.55. The SMILES string of the molecule is NC(=O)c1ncc(-c2nccs2)nc1Nc1ccc(N2CCC3(CCN(Cc4ccc5c(c4)C(=O)C(C4CCC(=O)NC4=O)C5=O)CC3)CC2)cc1. The Balaban J connectivity index is 0.847. The van der Waals surface area contributed by atoms with E-state index in [0.29, 0.717) is 33.8 Å². The average Bonchev–Trinajstić information content (AvgIpc) is 3.77. The van der Waals surface area contributed by atoms with E-state index < -0.39 is 23.7 Å². The van der Waals surface area contributed by atoms with Crippen molar-refractivity contribution in [2.75, 3.05) is 36.4 Å². The van der Waals surface area contributed by atoms with Crippen LogP contribution in [-0.4, -0.2) is 75.3 Å². The quantitative estimate of drug-likeness (QED) is 0.174. The molecule has 2 aromatic heterocycles. The van der Waals surface area contributed by atoms with Gasteiger partial charge in [-0.1, -0.05) is 12.1 Å². The predicted molar refractivity (Wildman–Crippen MR) is 194 cm³/mol. The van der Waals surface area contributed by atoms with Crippen molar-refractivity contribution in [2.24, 2.45) is 23.0 Å². The van der Waals surface area contributed by atoms with Gasteiger partial charge in [0.2, 0.25) is 11.8 Å². The Hall–Kier alpha value is -5.34. The monoisotopic (exact) mass is 718 g/mol. The summed E-state index contributed by atoms with van der Waals surface area (Å²) in [6.07, 6.45) is 7.98. The number of anilines is 3. The van der Waals surface area contributed by atoms with Crippen LogP contribution < -0.4 is 21.3 Å². The van der Waals surface area contributed by atoms with E-state index >= 15 is 0 Å². The number of amides is 3. The van der Waals surface area contributed by atoms with Crippen LogP contribution in [0.3, 0.4) is 0 Å². The molecule has 4 aromatic rings. The van der Waals surface area contributed by atoms with E-state index in [0.717, 1.165) is 68.8 Å². The molecule has 13 nitrogen and oxygen atoms in total. The summed E-state index contributed by atoms with van der Waals surface area (Å²) >= 11 is 1.44. The molecule has 1 aliphatic carbocycles. The third-order valence-corrected chi connectivity index (χ3v) is 12.0. The summed E-state index contributed by atoms with van der Waals surface area (Å²) in [6, 6.07) is 13.6. The number of rotatable bonds is 8. The number of carbonyl (C=O) groups is 5. The van der Waals surface area contributed by atoms with E-state index in [1.807, 2.05) is 29.6 Å². The van der Waals surface area contributed by atoms with Gasteiger partial charge >= 0.3 is 0 Å². The van der Waals surface area contributed by atoms with Crippen LogP contribution in [0.1, 0.15) is 75.3 Å². The fraction of sp³-hybridized carbons (Fsp3) is 0.368. The van der Waals surface area contributed by atoms with E-state index in [-0.39, 0.29) is 41.8 Å². The zero-order valence-corrected chi connectivity index (χ0v) is 29.3. The van der Waals surface area contributed by atoms with Crippen LogP contribution in [0.25, 0.3) is 10.7 Å². The van der Waals surface area contributed by atoms with Gasteiger partial charge in [0.15, 0.2) is 23.1 Å². The van der Waals surface area contributed by atoms with E-state index in [2.05, 4.69) is 47.5 Å². The molecule has 4 aliphatic rings. The lowest BCUT2D eigenvalue weighted by Crippen LogP contribution is -2.46. The van der Waals surface area contributed by atoms with Gasteiger partial charge in [0.25, 0.3) is 5.91 Å². The van der Waals surface area contributed by atoms with Gasteiger partial charge in [-0.15, -0.1) is 11.3 Å². The number of thiazole rings is 1. The minimum Gasteiger partial charge on any atom is -0.371 e. The predicted octanol–water partition coefficient (Wildman–Crippen LogP) is 4.37. The molecule has 0 saturated carbocycles. The lowest BCUT2D eigenvalue weighted by molar-refractivity contribution is -0.137. The van der Waals surface area contributed by atoms with Gasteiger partial charge in [-0.3, -0.25) is 34.2 Å². The molecule has 8 rings (SSSR count). The fourth-order valence-electron chi connectivity index (χ4n) is 8.14. The molecule has 4 N–H and O–H groups in total. The minimum absolute atomic E-state index is 0.0656. The van der Waals surface area contributed by atoms with Crippen LogP contribution >= 0.6 is 11.3 Å². The van der Waals surface area contributed by atoms with Crippen LogP contribution in [0.4, 0.5) is 17.2 Å². The van der Waals surface area contributed by atoms with Gasteiger partial charge in [0, 0.05) is 60.1 Å². The van der Waals surface area contributed by atoms with E-state index in [9.17, 15) is 24.0 Å². The first-order valence-electron chi connectivity index (χ1n) is 17.6. The third-order valence-electron chi connectivity index (χ3n) is 11.2. The number of nitrogens with one attached hydrogen (secondary N) is 2. The summed E-state index contributed by atoms with van der Waals surface area (Å²) in [5.41, 5.74) is 10.2. The highest BCUT2D eigenvalue weighted by Crippen LogP contribution is 2.43. The number of Topliss-reactive ketones (excluding diaryl/α,β-unsaturated/α-hetero) is 2. The average molecular weight is 719 g/mol. The number of likely N-dealkylation sites (tertiary alicyclic amines) is 1. The second-order valence-electron chi connectivity index (χ2n) is 14.2. The third kappa shape index (κ3) is 6.48. The molecule has 3 amide bonds. The highest BCUT2D eigenvalue weighted by atomic mass is 32.1. The first-order valence-corrected chi connectivity index (χ1v) is 18.5. The van der Waals surface area contributed by atoms with Gasteiger partial charge in [-0.25, -0.2) is 15.0 Å². The fourth-order valence-corrected chi connectivity index (χ4v) is 8.73. The second-order valence-corrected chi connectivity index (χ2v) is 15.1. The van der Waals surface area contributed by atoms with Gasteiger partial charge < -0.3 is 16.0 Å². The number of primary amides is 1. The van der Waals surface area contributed by atoms with Gasteiger partial charge in [0.1, 0.15) is 10.7 Å². The summed E-state index contributed by atoms with van der Waals surface area (Å²) < 4.78 is 0. The normalized spacial score (nSPS) is 21.7. The number of aromatic nitrogens is 3. The molecule has 0 bridgehead atoms. The zero-order chi connectivity index (χ0) is 36.0. The number of nitrogens with zero attached hydrogens (tertiary/aromatic N) is 5. The highest BCUT2D eigenvalue weighted by molar-refractivity contribution is 7.13. The summed E-state index contributed by atoms with van der Waals surface area (Å²) in [5.74, 6) is -3.74. The molecule has 3 saturated heterocycles. The second kappa shape index (κ2) is 13.7. The van der Waals surface area contributed by atoms with Crippen LogP contribution in [0, 0.1) is 17.3 Å². The van der Waals surface area contributed by atoms with Crippen molar-refractivity contribution in [2.45, 2.75) is 45.1 Å². The lowest BCUT2D eigenvalue weighted by atomic mass is 9.71. The van der Waals surface area contributed by atoms with Crippen LogP contribution in [0.5, 0.6) is 0 Å². The molecular weight excluding hydrogens is 681 g/mol. The van der Waals surface area contributed by atoms with Crippen molar-refractivity contribution in [1.29, 1.82) is 0 Å². The molecule has 52 heavy (non-hydrogen) atoms. The first kappa shape index (κ1) is 33.8. The summed E-state index contributed by atoms with van der Waals surface area (Å²) in [7, 11) is 0. The largest absolute Gasteiger partial charge is 0.371 e. The maximum absolute atomic E-state index is 13.4. The Morgan fingerprint density at radius 2 is 1.67 bits per heavy atom. The van der Waals surface area contributed by atoms with Gasteiger partial charge in [0.05, 0.1) is 18.0 Å². The first-order chi connectivity index (χ1) is 25.2. The Morgan fingerprint density at radius 3 is 2.37 bits per heavy atom. The minimum atomic E-state index is -1.04. The number of ketones is 2. The molecule has 2 atom stereocenters. The maximum Gasteiger partial charge on any atom is 0.271 e. The number of fused-ring (bicyclic) bond motifs is 1. The molecule has 3 fully saturated rings. The van der Waals surface area contributed by atoms with Crippen molar-refractivity contribution >= 4 is 57.8 Å². The van der Waals surface area contributed by atoms with Gasteiger partial charge in [-0.2, -0.15) is 0 Å². The molecule has 14 heteroatoms. The zero-order valence-electron chi connectivity index (χ0n) is 28.5. The number of piperidine rings is 3. The van der Waals surface area contributed by atoms with Crippen molar-refractivity contribution in [3.05, 3.63) is 82.6 Å². The number of imide groups is 1. The Kier molecular flexibility index (Phi) is 8.87. The molecular formula is C38H38N8O5S.